The van der Waals surface area contributed by atoms with E-state index in [0.717, 1.165) is 15.5 Å². The van der Waals surface area contributed by atoms with Crippen LogP contribution in [0.4, 0.5) is 5.69 Å². The maximum atomic E-state index is 13.1. The van der Waals surface area contributed by atoms with Crippen molar-refractivity contribution >= 4 is 69.4 Å². The van der Waals surface area contributed by atoms with Gasteiger partial charge in [-0.2, -0.15) is 0 Å². The van der Waals surface area contributed by atoms with E-state index in [0.29, 0.717) is 32.0 Å². The van der Waals surface area contributed by atoms with Gasteiger partial charge in [-0.05, 0) is 41.8 Å². The molecule has 0 N–H and O–H groups in total. The van der Waals surface area contributed by atoms with Crippen molar-refractivity contribution in [3.63, 3.8) is 0 Å². The van der Waals surface area contributed by atoms with Crippen LogP contribution in [0.15, 0.2) is 63.4 Å². The molecule has 1 aromatic carbocycles. The first-order valence-electron chi connectivity index (χ1n) is 7.83. The van der Waals surface area contributed by atoms with Crippen molar-refractivity contribution in [2.45, 2.75) is 5.75 Å². The maximum Gasteiger partial charge on any atom is 0.272 e. The lowest BCUT2D eigenvalue weighted by Gasteiger charge is -2.15. The third-order valence-electron chi connectivity index (χ3n) is 3.85. The lowest BCUT2D eigenvalue weighted by molar-refractivity contribution is -0.119. The largest absolute Gasteiger partial charge is 0.468 e. The summed E-state index contributed by atoms with van der Waals surface area (Å²) in [6.07, 6.45) is 1.58. The second-order valence-electron chi connectivity index (χ2n) is 5.62. The fourth-order valence-electron chi connectivity index (χ4n) is 2.72. The summed E-state index contributed by atoms with van der Waals surface area (Å²) >= 11 is 14.8. The van der Waals surface area contributed by atoms with E-state index >= 15 is 0 Å². The van der Waals surface area contributed by atoms with Crippen LogP contribution in [-0.2, 0) is 15.3 Å². The molecule has 0 unspecified atom stereocenters. The van der Waals surface area contributed by atoms with Crippen LogP contribution in [-0.4, -0.2) is 11.8 Å². The normalized spacial score (nSPS) is 14.5. The number of hydrogen-bond acceptors (Lipinski definition) is 5. The lowest BCUT2D eigenvalue weighted by Crippen LogP contribution is -2.31. The molecule has 0 spiro atoms. The molecule has 4 nitrogen and oxygen atoms in total. The molecule has 0 saturated carbocycles. The SMILES string of the molecule is O=C1C(SCc2ccco2)=C(c2cccs2)C(=O)N1c1cc(Cl)cc(Cl)c1. The number of carbonyl (C=O) groups is 2. The van der Waals surface area contributed by atoms with Gasteiger partial charge >= 0.3 is 0 Å². The van der Waals surface area contributed by atoms with E-state index in [-0.39, 0.29) is 5.91 Å². The molecule has 136 valence electrons. The molecule has 4 rings (SSSR count). The van der Waals surface area contributed by atoms with Gasteiger partial charge in [0.25, 0.3) is 11.8 Å². The minimum atomic E-state index is -0.390. The number of anilines is 1. The Labute approximate surface area is 173 Å². The summed E-state index contributed by atoms with van der Waals surface area (Å²) in [4.78, 5) is 28.5. The number of hydrogen-bond donors (Lipinski definition) is 0. The van der Waals surface area contributed by atoms with E-state index in [2.05, 4.69) is 0 Å². The molecule has 1 aliphatic rings. The molecular weight excluding hydrogens is 425 g/mol. The number of halogens is 2. The Morgan fingerprint density at radius 2 is 1.81 bits per heavy atom. The summed E-state index contributed by atoms with van der Waals surface area (Å²) in [7, 11) is 0. The van der Waals surface area contributed by atoms with Gasteiger partial charge in [0.2, 0.25) is 0 Å². The minimum Gasteiger partial charge on any atom is -0.468 e. The predicted octanol–water partition coefficient (Wildman–Crippen LogP) is 5.87. The highest BCUT2D eigenvalue weighted by molar-refractivity contribution is 8.03. The quantitative estimate of drug-likeness (QED) is 0.470. The fourth-order valence-corrected chi connectivity index (χ4v) is 5.08. The van der Waals surface area contributed by atoms with Crippen LogP contribution >= 0.6 is 46.3 Å². The van der Waals surface area contributed by atoms with Gasteiger partial charge in [-0.15, -0.1) is 23.1 Å². The number of imide groups is 1. The Hall–Kier alpha value is -1.99. The average molecular weight is 436 g/mol. The minimum absolute atomic E-state index is 0.352. The Bertz CT molecular complexity index is 1020. The Morgan fingerprint density at radius 1 is 1.04 bits per heavy atom. The van der Waals surface area contributed by atoms with Crippen molar-refractivity contribution in [1.82, 2.24) is 0 Å². The van der Waals surface area contributed by atoms with E-state index in [9.17, 15) is 9.59 Å². The zero-order valence-electron chi connectivity index (χ0n) is 13.6. The first-order chi connectivity index (χ1) is 13.0. The Balaban J connectivity index is 1.74. The molecular formula is C19H11Cl2NO3S2. The first-order valence-corrected chi connectivity index (χ1v) is 10.4. The van der Waals surface area contributed by atoms with Crippen molar-refractivity contribution in [2.24, 2.45) is 0 Å². The predicted molar refractivity (Wildman–Crippen MR) is 110 cm³/mol. The first kappa shape index (κ1) is 18.4. The van der Waals surface area contributed by atoms with Crippen molar-refractivity contribution in [3.8, 4) is 0 Å². The third kappa shape index (κ3) is 3.58. The Morgan fingerprint density at radius 3 is 2.44 bits per heavy atom. The number of thioether (sulfide) groups is 1. The van der Waals surface area contributed by atoms with Gasteiger partial charge in [0.15, 0.2) is 0 Å². The fraction of sp³-hybridized carbons (Fsp3) is 0.0526. The molecule has 0 fully saturated rings. The number of furan rings is 1. The van der Waals surface area contributed by atoms with E-state index in [1.165, 1.54) is 23.1 Å². The molecule has 0 radical (unpaired) electrons. The topological polar surface area (TPSA) is 50.5 Å². The molecule has 3 heterocycles. The van der Waals surface area contributed by atoms with Gasteiger partial charge < -0.3 is 4.42 Å². The molecule has 0 saturated heterocycles. The van der Waals surface area contributed by atoms with Gasteiger partial charge in [0, 0.05) is 14.9 Å². The third-order valence-corrected chi connectivity index (χ3v) is 6.27. The van der Waals surface area contributed by atoms with Gasteiger partial charge in [0.1, 0.15) is 5.76 Å². The highest BCUT2D eigenvalue weighted by Gasteiger charge is 2.40. The molecule has 2 aromatic heterocycles. The second-order valence-corrected chi connectivity index (χ2v) is 8.43. The second kappa shape index (κ2) is 7.56. The summed E-state index contributed by atoms with van der Waals surface area (Å²) in [6, 6.07) is 11.9. The van der Waals surface area contributed by atoms with Crippen molar-refractivity contribution in [1.29, 1.82) is 0 Å². The monoisotopic (exact) mass is 435 g/mol. The van der Waals surface area contributed by atoms with Crippen LogP contribution in [0, 0.1) is 0 Å². The summed E-state index contributed by atoms with van der Waals surface area (Å²) in [6.45, 7) is 0. The molecule has 2 amide bonds. The summed E-state index contributed by atoms with van der Waals surface area (Å²) in [5, 5.41) is 2.58. The van der Waals surface area contributed by atoms with E-state index < -0.39 is 5.91 Å². The van der Waals surface area contributed by atoms with Crippen LogP contribution in [0.2, 0.25) is 10.0 Å². The smallest absolute Gasteiger partial charge is 0.272 e. The highest BCUT2D eigenvalue weighted by atomic mass is 35.5. The zero-order chi connectivity index (χ0) is 19.0. The number of thiophene rings is 1. The molecule has 0 bridgehead atoms. The number of rotatable bonds is 5. The molecule has 0 atom stereocenters. The van der Waals surface area contributed by atoms with Gasteiger partial charge in [-0.25, -0.2) is 4.90 Å². The number of carbonyl (C=O) groups excluding carboxylic acids is 2. The number of amides is 2. The summed E-state index contributed by atoms with van der Waals surface area (Å²) in [5.74, 6) is 0.393. The summed E-state index contributed by atoms with van der Waals surface area (Å²) in [5.41, 5.74) is 0.743. The average Bonchev–Trinajstić information content (AvgIpc) is 3.34. The Kier molecular flexibility index (Phi) is 5.14. The molecule has 27 heavy (non-hydrogen) atoms. The van der Waals surface area contributed by atoms with Crippen LogP contribution in [0.5, 0.6) is 0 Å². The standard InChI is InChI=1S/C19H11Cl2NO3S2/c20-11-7-12(21)9-13(8-11)22-18(23)16(15-4-2-6-26-15)17(19(22)24)27-10-14-3-1-5-25-14/h1-9H,10H2. The van der Waals surface area contributed by atoms with Gasteiger partial charge in [0.05, 0.1) is 28.2 Å². The van der Waals surface area contributed by atoms with Gasteiger partial charge in [-0.3, -0.25) is 9.59 Å². The molecule has 8 heteroatoms. The molecule has 1 aliphatic heterocycles. The lowest BCUT2D eigenvalue weighted by atomic mass is 10.2. The van der Waals surface area contributed by atoms with Crippen molar-refractivity contribution < 1.29 is 14.0 Å². The number of nitrogens with zero attached hydrogens (tertiary/aromatic N) is 1. The van der Waals surface area contributed by atoms with Crippen molar-refractivity contribution in [3.05, 3.63) is 79.7 Å². The van der Waals surface area contributed by atoms with E-state index in [4.69, 9.17) is 27.6 Å². The van der Waals surface area contributed by atoms with Crippen molar-refractivity contribution in [2.75, 3.05) is 4.90 Å². The maximum absolute atomic E-state index is 13.1. The zero-order valence-corrected chi connectivity index (χ0v) is 16.8. The van der Waals surface area contributed by atoms with Gasteiger partial charge in [-0.1, -0.05) is 29.3 Å². The van der Waals surface area contributed by atoms with Crippen LogP contribution in [0.1, 0.15) is 10.6 Å². The van der Waals surface area contributed by atoms with E-state index in [1.807, 2.05) is 23.6 Å². The molecule has 0 aliphatic carbocycles. The summed E-state index contributed by atoms with van der Waals surface area (Å²) < 4.78 is 5.34. The van der Waals surface area contributed by atoms with E-state index in [1.54, 1.807) is 30.5 Å². The molecule has 3 aromatic rings. The number of benzene rings is 1. The van der Waals surface area contributed by atoms with Crippen LogP contribution < -0.4 is 4.90 Å². The highest BCUT2D eigenvalue weighted by Crippen LogP contribution is 2.41. The van der Waals surface area contributed by atoms with Crippen LogP contribution in [0.25, 0.3) is 5.57 Å². The van der Waals surface area contributed by atoms with Crippen LogP contribution in [0.3, 0.4) is 0 Å².